The summed E-state index contributed by atoms with van der Waals surface area (Å²) in [6, 6.07) is 17.4. The van der Waals surface area contributed by atoms with E-state index >= 15 is 0 Å². The number of carbonyl (C=O) groups excluding carboxylic acids is 1. The number of carbonyl (C=O) groups is 1. The van der Waals surface area contributed by atoms with Gasteiger partial charge in [0.1, 0.15) is 0 Å². The minimum Gasteiger partial charge on any atom is -0.493 e. The first kappa shape index (κ1) is 17.8. The number of hydrogen-bond donors (Lipinski definition) is 0. The summed E-state index contributed by atoms with van der Waals surface area (Å²) in [5.74, 6) is 0.910. The minimum absolute atomic E-state index is 0.0187. The van der Waals surface area contributed by atoms with E-state index in [4.69, 9.17) is 14.7 Å². The third-order valence-electron chi connectivity index (χ3n) is 4.66. The van der Waals surface area contributed by atoms with E-state index in [0.29, 0.717) is 17.1 Å². The van der Waals surface area contributed by atoms with Crippen molar-refractivity contribution in [1.29, 1.82) is 5.26 Å². The molecule has 134 valence electrons. The average Bonchev–Trinajstić information content (AvgIpc) is 3.15. The van der Waals surface area contributed by atoms with Gasteiger partial charge in [0, 0.05) is 18.7 Å². The second-order valence-corrected chi connectivity index (χ2v) is 6.34. The highest BCUT2D eigenvalue weighted by Crippen LogP contribution is 2.28. The van der Waals surface area contributed by atoms with Crippen LogP contribution >= 0.6 is 0 Å². The van der Waals surface area contributed by atoms with Gasteiger partial charge in [-0.2, -0.15) is 5.26 Å². The molecule has 0 saturated carbocycles. The van der Waals surface area contributed by atoms with Gasteiger partial charge < -0.3 is 14.4 Å². The molecular weight excluding hydrogens is 328 g/mol. The summed E-state index contributed by atoms with van der Waals surface area (Å²) in [7, 11) is 1.52. The van der Waals surface area contributed by atoms with Crippen LogP contribution in [0.15, 0.2) is 48.5 Å². The lowest BCUT2D eigenvalue weighted by Crippen LogP contribution is -2.39. The van der Waals surface area contributed by atoms with Crippen molar-refractivity contribution in [3.05, 3.63) is 59.7 Å². The highest BCUT2D eigenvalue weighted by atomic mass is 16.5. The summed E-state index contributed by atoms with van der Waals surface area (Å²) in [5, 5.41) is 8.95. The molecule has 1 aliphatic heterocycles. The fraction of sp³-hybridized carbons (Fsp3) is 0.333. The first-order valence-electron chi connectivity index (χ1n) is 8.75. The highest BCUT2D eigenvalue weighted by Gasteiger charge is 2.29. The van der Waals surface area contributed by atoms with Gasteiger partial charge in [-0.05, 0) is 37.0 Å². The highest BCUT2D eigenvalue weighted by molar-refractivity contribution is 5.78. The number of rotatable bonds is 6. The van der Waals surface area contributed by atoms with Crippen LogP contribution in [0, 0.1) is 11.3 Å². The van der Waals surface area contributed by atoms with Crippen molar-refractivity contribution in [2.45, 2.75) is 25.3 Å². The van der Waals surface area contributed by atoms with Crippen LogP contribution in [0.25, 0.3) is 0 Å². The Morgan fingerprint density at radius 2 is 2.04 bits per heavy atom. The number of likely N-dealkylation sites (tertiary alicyclic amines) is 1. The van der Waals surface area contributed by atoms with Crippen molar-refractivity contribution < 1.29 is 14.3 Å². The van der Waals surface area contributed by atoms with Gasteiger partial charge in [0.05, 0.1) is 18.7 Å². The van der Waals surface area contributed by atoms with Gasteiger partial charge in [0.25, 0.3) is 5.91 Å². The second-order valence-electron chi connectivity index (χ2n) is 6.34. The van der Waals surface area contributed by atoms with Gasteiger partial charge >= 0.3 is 0 Å². The Kier molecular flexibility index (Phi) is 5.75. The molecular formula is C21H22N2O3. The molecule has 1 heterocycles. The Labute approximate surface area is 153 Å². The van der Waals surface area contributed by atoms with Gasteiger partial charge in [0.2, 0.25) is 0 Å². The molecule has 0 radical (unpaired) electrons. The molecule has 1 unspecified atom stereocenters. The van der Waals surface area contributed by atoms with Crippen LogP contribution in [-0.2, 0) is 11.2 Å². The molecule has 0 N–H and O–H groups in total. The number of ether oxygens (including phenoxy) is 2. The summed E-state index contributed by atoms with van der Waals surface area (Å²) in [6.45, 7) is 0.734. The third kappa shape index (κ3) is 4.15. The number of nitriles is 1. The Balaban J connectivity index is 1.62. The van der Waals surface area contributed by atoms with Crippen molar-refractivity contribution >= 4 is 5.91 Å². The van der Waals surface area contributed by atoms with E-state index in [2.05, 4.69) is 18.2 Å². The fourth-order valence-corrected chi connectivity index (χ4v) is 3.34. The van der Waals surface area contributed by atoms with Gasteiger partial charge in [0.15, 0.2) is 18.1 Å². The molecule has 26 heavy (non-hydrogen) atoms. The third-order valence-corrected chi connectivity index (χ3v) is 4.66. The predicted octanol–water partition coefficient (Wildman–Crippen LogP) is 3.18. The molecule has 1 atom stereocenters. The number of hydrogen-bond acceptors (Lipinski definition) is 4. The zero-order valence-corrected chi connectivity index (χ0v) is 14.9. The number of amides is 1. The van der Waals surface area contributed by atoms with E-state index in [0.717, 1.165) is 25.8 Å². The Morgan fingerprint density at radius 1 is 1.23 bits per heavy atom. The maximum absolute atomic E-state index is 12.6. The van der Waals surface area contributed by atoms with Crippen LogP contribution in [0.1, 0.15) is 24.0 Å². The normalized spacial score (nSPS) is 16.2. The molecule has 5 heteroatoms. The van der Waals surface area contributed by atoms with Gasteiger partial charge in [-0.1, -0.05) is 30.3 Å². The molecule has 0 spiro atoms. The van der Waals surface area contributed by atoms with Crippen LogP contribution < -0.4 is 9.47 Å². The molecule has 1 amide bonds. The standard InChI is InChI=1S/C21H22N2O3/c1-25-20-13-17(14-22)9-10-19(20)26-15-21(24)23-11-5-8-18(23)12-16-6-3-2-4-7-16/h2-4,6-7,9-10,13,18H,5,8,11-12,15H2,1H3. The van der Waals surface area contributed by atoms with Crippen LogP contribution in [0.5, 0.6) is 11.5 Å². The summed E-state index contributed by atoms with van der Waals surface area (Å²) in [5.41, 5.74) is 1.73. The summed E-state index contributed by atoms with van der Waals surface area (Å²) in [6.07, 6.45) is 2.90. The van der Waals surface area contributed by atoms with Crippen LogP contribution in [0.2, 0.25) is 0 Å². The quantitative estimate of drug-likeness (QED) is 0.803. The van der Waals surface area contributed by atoms with Crippen molar-refractivity contribution in [1.82, 2.24) is 4.90 Å². The van der Waals surface area contributed by atoms with Crippen LogP contribution in [-0.4, -0.2) is 37.1 Å². The van der Waals surface area contributed by atoms with Crippen LogP contribution in [0.3, 0.4) is 0 Å². The summed E-state index contributed by atoms with van der Waals surface area (Å²) < 4.78 is 10.9. The van der Waals surface area contributed by atoms with E-state index < -0.39 is 0 Å². The Morgan fingerprint density at radius 3 is 2.77 bits per heavy atom. The number of benzene rings is 2. The molecule has 2 aromatic rings. The maximum Gasteiger partial charge on any atom is 0.260 e. The van der Waals surface area contributed by atoms with Crippen LogP contribution in [0.4, 0.5) is 0 Å². The molecule has 2 aromatic carbocycles. The zero-order chi connectivity index (χ0) is 18.4. The largest absolute Gasteiger partial charge is 0.493 e. The lowest BCUT2D eigenvalue weighted by Gasteiger charge is -2.25. The Bertz CT molecular complexity index is 799. The first-order valence-corrected chi connectivity index (χ1v) is 8.75. The lowest BCUT2D eigenvalue weighted by molar-refractivity contribution is -0.134. The monoisotopic (exact) mass is 350 g/mol. The number of methoxy groups -OCH3 is 1. The minimum atomic E-state index is -0.0342. The second kappa shape index (κ2) is 8.39. The predicted molar refractivity (Wildman–Crippen MR) is 98.1 cm³/mol. The zero-order valence-electron chi connectivity index (χ0n) is 14.9. The molecule has 1 aliphatic rings. The molecule has 5 nitrogen and oxygen atoms in total. The van der Waals surface area contributed by atoms with E-state index in [-0.39, 0.29) is 18.6 Å². The van der Waals surface area contributed by atoms with E-state index in [1.807, 2.05) is 23.1 Å². The average molecular weight is 350 g/mol. The Hall–Kier alpha value is -3.00. The molecule has 1 saturated heterocycles. The van der Waals surface area contributed by atoms with Gasteiger partial charge in [-0.25, -0.2) is 0 Å². The van der Waals surface area contributed by atoms with Crippen molar-refractivity contribution in [3.8, 4) is 17.6 Å². The van der Waals surface area contributed by atoms with Gasteiger partial charge in [-0.3, -0.25) is 4.79 Å². The van der Waals surface area contributed by atoms with Crippen molar-refractivity contribution in [2.75, 3.05) is 20.3 Å². The molecule has 0 aromatic heterocycles. The SMILES string of the molecule is COc1cc(C#N)ccc1OCC(=O)N1CCCC1Cc1ccccc1. The number of nitrogens with zero attached hydrogens (tertiary/aromatic N) is 2. The van der Waals surface area contributed by atoms with E-state index in [1.165, 1.54) is 12.7 Å². The molecule has 0 aliphatic carbocycles. The first-order chi connectivity index (χ1) is 12.7. The lowest BCUT2D eigenvalue weighted by atomic mass is 10.0. The molecule has 3 rings (SSSR count). The fourth-order valence-electron chi connectivity index (χ4n) is 3.34. The molecule has 1 fully saturated rings. The van der Waals surface area contributed by atoms with Gasteiger partial charge in [-0.15, -0.1) is 0 Å². The van der Waals surface area contributed by atoms with E-state index in [9.17, 15) is 4.79 Å². The smallest absolute Gasteiger partial charge is 0.260 e. The maximum atomic E-state index is 12.6. The summed E-state index contributed by atoms with van der Waals surface area (Å²) in [4.78, 5) is 14.6. The van der Waals surface area contributed by atoms with E-state index in [1.54, 1.807) is 18.2 Å². The topological polar surface area (TPSA) is 62.6 Å². The molecule has 0 bridgehead atoms. The summed E-state index contributed by atoms with van der Waals surface area (Å²) >= 11 is 0. The van der Waals surface area contributed by atoms with Crippen molar-refractivity contribution in [3.63, 3.8) is 0 Å². The van der Waals surface area contributed by atoms with Crippen molar-refractivity contribution in [2.24, 2.45) is 0 Å².